The molecule has 0 unspecified atom stereocenters. The van der Waals surface area contributed by atoms with Crippen LogP contribution in [0.15, 0.2) is 39.8 Å². The van der Waals surface area contributed by atoms with Crippen LogP contribution in [0.4, 0.5) is 13.2 Å². The number of rotatable bonds is 6. The number of hydrogen-bond donors (Lipinski definition) is 1. The van der Waals surface area contributed by atoms with Crippen LogP contribution in [0.5, 0.6) is 0 Å². The van der Waals surface area contributed by atoms with Crippen LogP contribution in [-0.2, 0) is 16.7 Å². The maximum Gasteiger partial charge on any atom is 0.416 e. The first kappa shape index (κ1) is 19.8. The van der Waals surface area contributed by atoms with Gasteiger partial charge < -0.3 is 14.6 Å². The summed E-state index contributed by atoms with van der Waals surface area (Å²) in [4.78, 5) is 12.8. The van der Waals surface area contributed by atoms with E-state index in [1.54, 1.807) is 6.07 Å². The van der Waals surface area contributed by atoms with E-state index in [0.29, 0.717) is 28.9 Å². The van der Waals surface area contributed by atoms with Crippen molar-refractivity contribution in [3.05, 3.63) is 47.3 Å². The molecule has 0 atom stereocenters. The number of nitrogens with one attached hydrogen (secondary N) is 1. The molecule has 1 aromatic heterocycles. The number of amides is 1. The molecule has 1 N–H and O–H groups in total. The summed E-state index contributed by atoms with van der Waals surface area (Å²) in [6.45, 7) is 2.01. The highest BCUT2D eigenvalue weighted by atomic mass is 32.2. The molecule has 2 heterocycles. The number of alkyl halides is 3. The first-order valence-corrected chi connectivity index (χ1v) is 9.52. The molecule has 1 saturated heterocycles. The van der Waals surface area contributed by atoms with Crippen molar-refractivity contribution in [2.45, 2.75) is 29.7 Å². The third-order valence-corrected chi connectivity index (χ3v) is 5.28. The molecular formula is C18H19F3N2O3S. The second-order valence-corrected chi connectivity index (χ2v) is 7.30. The van der Waals surface area contributed by atoms with Gasteiger partial charge in [0.2, 0.25) is 0 Å². The number of nitrogens with zero attached hydrogens (tertiary/aromatic N) is 1. The molecule has 0 spiro atoms. The number of aromatic nitrogens is 1. The lowest BCUT2D eigenvalue weighted by molar-refractivity contribution is -0.137. The fraction of sp³-hybridized carbons (Fsp3) is 0.444. The summed E-state index contributed by atoms with van der Waals surface area (Å²) in [5.74, 6) is 0.961. The molecular weight excluding hydrogens is 381 g/mol. The van der Waals surface area contributed by atoms with Gasteiger partial charge in [-0.2, -0.15) is 13.2 Å². The predicted octanol–water partition coefficient (Wildman–Crippen LogP) is 4.14. The van der Waals surface area contributed by atoms with E-state index in [-0.39, 0.29) is 11.6 Å². The first-order chi connectivity index (χ1) is 12.9. The minimum atomic E-state index is -4.35. The molecule has 1 aromatic carbocycles. The summed E-state index contributed by atoms with van der Waals surface area (Å²) in [6, 6.07) is 6.45. The highest BCUT2D eigenvalue weighted by Crippen LogP contribution is 2.31. The van der Waals surface area contributed by atoms with Crippen LogP contribution in [0.2, 0.25) is 0 Å². The van der Waals surface area contributed by atoms with Crippen LogP contribution in [-0.4, -0.2) is 30.8 Å². The van der Waals surface area contributed by atoms with Crippen LogP contribution < -0.4 is 5.32 Å². The predicted molar refractivity (Wildman–Crippen MR) is 93.4 cm³/mol. The van der Waals surface area contributed by atoms with Crippen LogP contribution >= 0.6 is 11.8 Å². The van der Waals surface area contributed by atoms with Gasteiger partial charge in [-0.1, -0.05) is 5.16 Å². The Hall–Kier alpha value is -2.00. The second kappa shape index (κ2) is 8.79. The molecule has 1 amide bonds. The summed E-state index contributed by atoms with van der Waals surface area (Å²) >= 11 is 1.31. The fourth-order valence-electron chi connectivity index (χ4n) is 2.66. The monoisotopic (exact) mass is 400 g/mol. The third kappa shape index (κ3) is 5.74. The molecule has 0 aliphatic carbocycles. The number of halogens is 3. The summed E-state index contributed by atoms with van der Waals surface area (Å²) < 4.78 is 48.1. The van der Waals surface area contributed by atoms with Crippen LogP contribution in [0, 0.1) is 5.92 Å². The maximum atomic E-state index is 12.6. The molecule has 3 rings (SSSR count). The second-order valence-electron chi connectivity index (χ2n) is 6.26. The zero-order valence-corrected chi connectivity index (χ0v) is 15.2. The Bertz CT molecular complexity index is 756. The molecule has 27 heavy (non-hydrogen) atoms. The summed E-state index contributed by atoms with van der Waals surface area (Å²) in [6.07, 6.45) is -2.50. The average Bonchev–Trinajstić information content (AvgIpc) is 3.14. The molecule has 146 valence electrons. The Morgan fingerprint density at radius 1 is 1.22 bits per heavy atom. The number of benzene rings is 1. The number of ether oxygens (including phenoxy) is 1. The highest BCUT2D eigenvalue weighted by molar-refractivity contribution is 7.98. The van der Waals surface area contributed by atoms with Crippen molar-refractivity contribution in [3.63, 3.8) is 0 Å². The summed E-state index contributed by atoms with van der Waals surface area (Å²) in [5.41, 5.74) is -0.486. The number of thioether (sulfide) groups is 1. The van der Waals surface area contributed by atoms with E-state index in [1.165, 1.54) is 23.9 Å². The highest BCUT2D eigenvalue weighted by Gasteiger charge is 2.29. The van der Waals surface area contributed by atoms with Crippen LogP contribution in [0.25, 0.3) is 0 Å². The first-order valence-electron chi connectivity index (χ1n) is 8.53. The van der Waals surface area contributed by atoms with Gasteiger partial charge in [-0.15, -0.1) is 11.8 Å². The minimum Gasteiger partial charge on any atom is -0.381 e. The Balaban J connectivity index is 1.48. The van der Waals surface area contributed by atoms with Crippen molar-refractivity contribution >= 4 is 17.7 Å². The van der Waals surface area contributed by atoms with Gasteiger partial charge in [-0.25, -0.2) is 0 Å². The zero-order chi connectivity index (χ0) is 19.3. The van der Waals surface area contributed by atoms with Gasteiger partial charge in [0.05, 0.1) is 11.3 Å². The van der Waals surface area contributed by atoms with Gasteiger partial charge in [0, 0.05) is 30.7 Å². The smallest absolute Gasteiger partial charge is 0.381 e. The molecule has 9 heteroatoms. The van der Waals surface area contributed by atoms with E-state index in [2.05, 4.69) is 10.5 Å². The Morgan fingerprint density at radius 2 is 1.93 bits per heavy atom. The van der Waals surface area contributed by atoms with Crippen LogP contribution in [0.3, 0.4) is 0 Å². The van der Waals surface area contributed by atoms with Gasteiger partial charge in [0.1, 0.15) is 5.76 Å². The zero-order valence-electron chi connectivity index (χ0n) is 14.4. The summed E-state index contributed by atoms with van der Waals surface area (Å²) in [7, 11) is 0. The molecule has 0 saturated carbocycles. The molecule has 1 fully saturated rings. The topological polar surface area (TPSA) is 64.4 Å². The fourth-order valence-corrected chi connectivity index (χ4v) is 3.43. The van der Waals surface area contributed by atoms with Gasteiger partial charge in [0.15, 0.2) is 5.69 Å². The lowest BCUT2D eigenvalue weighted by atomic mass is 10.0. The normalized spacial score (nSPS) is 15.7. The molecule has 1 aliphatic heterocycles. The number of hydrogen-bond acceptors (Lipinski definition) is 5. The average molecular weight is 400 g/mol. The van der Waals surface area contributed by atoms with Gasteiger partial charge in [-0.3, -0.25) is 4.79 Å². The lowest BCUT2D eigenvalue weighted by Gasteiger charge is -2.21. The van der Waals surface area contributed by atoms with Crippen molar-refractivity contribution in [2.75, 3.05) is 19.8 Å². The number of carbonyl (C=O) groups is 1. The Kier molecular flexibility index (Phi) is 6.43. The minimum absolute atomic E-state index is 0.199. The van der Waals surface area contributed by atoms with E-state index in [9.17, 15) is 18.0 Å². The molecule has 0 radical (unpaired) electrons. The lowest BCUT2D eigenvalue weighted by Crippen LogP contribution is -2.32. The molecule has 2 aromatic rings. The van der Waals surface area contributed by atoms with E-state index in [4.69, 9.17) is 9.26 Å². The molecule has 5 nitrogen and oxygen atoms in total. The van der Waals surface area contributed by atoms with Gasteiger partial charge in [0.25, 0.3) is 5.91 Å². The molecule has 0 bridgehead atoms. The number of carbonyl (C=O) groups excluding carboxylic acids is 1. The van der Waals surface area contributed by atoms with E-state index < -0.39 is 11.7 Å². The largest absolute Gasteiger partial charge is 0.416 e. The van der Waals surface area contributed by atoms with Crippen molar-refractivity contribution in [2.24, 2.45) is 5.92 Å². The van der Waals surface area contributed by atoms with Gasteiger partial charge >= 0.3 is 6.18 Å². The Morgan fingerprint density at radius 3 is 2.59 bits per heavy atom. The SMILES string of the molecule is O=C(NCC1CCOCC1)c1cc(CSc2ccc(C(F)(F)F)cc2)on1. The summed E-state index contributed by atoms with van der Waals surface area (Å²) in [5, 5.41) is 6.61. The van der Waals surface area contributed by atoms with Gasteiger partial charge in [-0.05, 0) is 43.0 Å². The van der Waals surface area contributed by atoms with Crippen molar-refractivity contribution in [3.8, 4) is 0 Å². The maximum absolute atomic E-state index is 12.6. The van der Waals surface area contributed by atoms with Crippen molar-refractivity contribution < 1.29 is 27.2 Å². The van der Waals surface area contributed by atoms with E-state index in [0.717, 1.165) is 38.2 Å². The quantitative estimate of drug-likeness (QED) is 0.739. The standard InChI is InChI=1S/C18H19F3N2O3S/c19-18(20,21)13-1-3-15(4-2-13)27-11-14-9-16(23-26-14)17(24)22-10-12-5-7-25-8-6-12/h1-4,9,12H,5-8,10-11H2,(H,22,24). The van der Waals surface area contributed by atoms with E-state index in [1.807, 2.05) is 0 Å². The van der Waals surface area contributed by atoms with Crippen LogP contribution in [0.1, 0.15) is 34.7 Å². The third-order valence-electron chi connectivity index (χ3n) is 4.25. The Labute approximate surface area is 158 Å². The molecule has 1 aliphatic rings. The van der Waals surface area contributed by atoms with E-state index >= 15 is 0 Å². The van der Waals surface area contributed by atoms with Crippen molar-refractivity contribution in [1.29, 1.82) is 0 Å². The van der Waals surface area contributed by atoms with Crippen molar-refractivity contribution in [1.82, 2.24) is 10.5 Å².